The number of rotatable bonds is 3. The zero-order chi connectivity index (χ0) is 13.1. The number of hydrogen-bond acceptors (Lipinski definition) is 3. The standard InChI is InChI=1S/C13H19ClFN3/c1-17-5-7-18(8-6-17)12(9-16)10-3-2-4-11(14)13(10)15/h2-4,12H,5-9,16H2,1H3. The van der Waals surface area contributed by atoms with E-state index in [4.69, 9.17) is 17.3 Å². The van der Waals surface area contributed by atoms with E-state index in [1.807, 2.05) is 0 Å². The Morgan fingerprint density at radius 1 is 1.33 bits per heavy atom. The summed E-state index contributed by atoms with van der Waals surface area (Å²) in [6.45, 7) is 4.19. The van der Waals surface area contributed by atoms with Crippen molar-refractivity contribution >= 4 is 11.6 Å². The van der Waals surface area contributed by atoms with Gasteiger partial charge in [0.2, 0.25) is 0 Å². The topological polar surface area (TPSA) is 32.5 Å². The third kappa shape index (κ3) is 2.83. The van der Waals surface area contributed by atoms with Gasteiger partial charge in [-0.25, -0.2) is 4.39 Å². The lowest BCUT2D eigenvalue weighted by Gasteiger charge is -2.37. The predicted octanol–water partition coefficient (Wildman–Crippen LogP) is 1.73. The molecule has 100 valence electrons. The lowest BCUT2D eigenvalue weighted by molar-refractivity contribution is 0.113. The van der Waals surface area contributed by atoms with E-state index in [2.05, 4.69) is 16.8 Å². The van der Waals surface area contributed by atoms with Gasteiger partial charge in [-0.1, -0.05) is 23.7 Å². The monoisotopic (exact) mass is 271 g/mol. The molecule has 18 heavy (non-hydrogen) atoms. The number of halogens is 2. The zero-order valence-electron chi connectivity index (χ0n) is 10.6. The Morgan fingerprint density at radius 3 is 2.61 bits per heavy atom. The molecule has 0 amide bonds. The molecule has 1 aromatic carbocycles. The van der Waals surface area contributed by atoms with Crippen molar-refractivity contribution in [2.75, 3.05) is 39.8 Å². The van der Waals surface area contributed by atoms with E-state index in [0.717, 1.165) is 26.2 Å². The number of benzene rings is 1. The number of piperazine rings is 1. The quantitative estimate of drug-likeness (QED) is 0.909. The van der Waals surface area contributed by atoms with Crippen molar-refractivity contribution in [1.29, 1.82) is 0 Å². The highest BCUT2D eigenvalue weighted by molar-refractivity contribution is 6.30. The molecule has 1 atom stereocenters. The van der Waals surface area contributed by atoms with Crippen molar-refractivity contribution in [1.82, 2.24) is 9.80 Å². The lowest BCUT2D eigenvalue weighted by Crippen LogP contribution is -2.47. The molecular weight excluding hydrogens is 253 g/mol. The molecule has 2 N–H and O–H groups in total. The van der Waals surface area contributed by atoms with Crippen molar-refractivity contribution < 1.29 is 4.39 Å². The van der Waals surface area contributed by atoms with E-state index in [1.165, 1.54) is 0 Å². The smallest absolute Gasteiger partial charge is 0.146 e. The summed E-state index contributed by atoms with van der Waals surface area (Å²) >= 11 is 5.83. The molecule has 0 aliphatic carbocycles. The second-order valence-corrected chi connectivity index (χ2v) is 5.14. The summed E-state index contributed by atoms with van der Waals surface area (Å²) in [6.07, 6.45) is 0. The van der Waals surface area contributed by atoms with Crippen LogP contribution in [0.5, 0.6) is 0 Å². The maximum Gasteiger partial charge on any atom is 0.146 e. The molecule has 1 heterocycles. The minimum atomic E-state index is -0.339. The lowest BCUT2D eigenvalue weighted by atomic mass is 10.0. The molecule has 5 heteroatoms. The summed E-state index contributed by atoms with van der Waals surface area (Å²) in [6, 6.07) is 5.03. The van der Waals surface area contributed by atoms with Crippen LogP contribution in [0.1, 0.15) is 11.6 Å². The maximum atomic E-state index is 14.0. The Morgan fingerprint density at radius 2 is 2.00 bits per heavy atom. The Kier molecular flexibility index (Phi) is 4.56. The Hall–Kier alpha value is -0.680. The van der Waals surface area contributed by atoms with Crippen LogP contribution in [-0.2, 0) is 0 Å². The Labute approximate surface area is 112 Å². The third-order valence-electron chi connectivity index (χ3n) is 3.54. The highest BCUT2D eigenvalue weighted by Gasteiger charge is 2.25. The maximum absolute atomic E-state index is 14.0. The van der Waals surface area contributed by atoms with Gasteiger partial charge in [-0.15, -0.1) is 0 Å². The molecule has 0 bridgehead atoms. The Balaban J connectivity index is 2.20. The van der Waals surface area contributed by atoms with E-state index in [9.17, 15) is 4.39 Å². The molecule has 1 aromatic rings. The first-order chi connectivity index (χ1) is 8.63. The molecule has 3 nitrogen and oxygen atoms in total. The van der Waals surface area contributed by atoms with Crippen molar-refractivity contribution in [3.8, 4) is 0 Å². The zero-order valence-corrected chi connectivity index (χ0v) is 11.3. The largest absolute Gasteiger partial charge is 0.329 e. The van der Waals surface area contributed by atoms with Crippen molar-refractivity contribution in [2.24, 2.45) is 5.73 Å². The summed E-state index contributed by atoms with van der Waals surface area (Å²) in [5, 5.41) is 0.167. The molecule has 1 fully saturated rings. The fourth-order valence-electron chi connectivity index (χ4n) is 2.38. The molecule has 0 spiro atoms. The van der Waals surface area contributed by atoms with Crippen LogP contribution in [-0.4, -0.2) is 49.6 Å². The molecule has 2 rings (SSSR count). The first-order valence-electron chi connectivity index (χ1n) is 6.20. The fourth-order valence-corrected chi connectivity index (χ4v) is 2.57. The molecule has 1 saturated heterocycles. The normalized spacial score (nSPS) is 20.0. The highest BCUT2D eigenvalue weighted by Crippen LogP contribution is 2.27. The second-order valence-electron chi connectivity index (χ2n) is 4.73. The summed E-state index contributed by atoms with van der Waals surface area (Å²) in [5.41, 5.74) is 6.43. The minimum Gasteiger partial charge on any atom is -0.329 e. The second kappa shape index (κ2) is 5.97. The van der Waals surface area contributed by atoms with Crippen molar-refractivity contribution in [3.05, 3.63) is 34.6 Å². The molecule has 0 radical (unpaired) electrons. The van der Waals surface area contributed by atoms with Gasteiger partial charge in [0, 0.05) is 38.3 Å². The van der Waals surface area contributed by atoms with Crippen LogP contribution in [0.15, 0.2) is 18.2 Å². The average Bonchev–Trinajstić information content (AvgIpc) is 2.37. The Bertz CT molecular complexity index is 405. The summed E-state index contributed by atoms with van der Waals surface area (Å²) in [5.74, 6) is -0.339. The number of nitrogens with two attached hydrogens (primary N) is 1. The predicted molar refractivity (Wildman–Crippen MR) is 72.3 cm³/mol. The van der Waals surface area contributed by atoms with Gasteiger partial charge in [-0.05, 0) is 13.1 Å². The van der Waals surface area contributed by atoms with Crippen LogP contribution in [0.4, 0.5) is 4.39 Å². The number of nitrogens with zero attached hydrogens (tertiary/aromatic N) is 2. The van der Waals surface area contributed by atoms with Crippen LogP contribution in [0.25, 0.3) is 0 Å². The first kappa shape index (κ1) is 13.7. The molecule has 0 aromatic heterocycles. The van der Waals surface area contributed by atoms with Gasteiger partial charge in [-0.2, -0.15) is 0 Å². The molecule has 0 saturated carbocycles. The molecule has 1 aliphatic rings. The van der Waals surface area contributed by atoms with Crippen LogP contribution >= 0.6 is 11.6 Å². The SMILES string of the molecule is CN1CCN(C(CN)c2cccc(Cl)c2F)CC1. The highest BCUT2D eigenvalue weighted by atomic mass is 35.5. The van der Waals surface area contributed by atoms with Crippen molar-refractivity contribution in [2.45, 2.75) is 6.04 Å². The van der Waals surface area contributed by atoms with Crippen LogP contribution in [0.3, 0.4) is 0 Å². The first-order valence-corrected chi connectivity index (χ1v) is 6.58. The summed E-state index contributed by atoms with van der Waals surface area (Å²) in [4.78, 5) is 4.49. The number of likely N-dealkylation sites (N-methyl/N-ethyl adjacent to an activating group) is 1. The average molecular weight is 272 g/mol. The van der Waals surface area contributed by atoms with E-state index in [-0.39, 0.29) is 16.9 Å². The van der Waals surface area contributed by atoms with E-state index < -0.39 is 0 Å². The van der Waals surface area contributed by atoms with Gasteiger partial charge < -0.3 is 10.6 Å². The van der Waals surface area contributed by atoms with Crippen LogP contribution < -0.4 is 5.73 Å². The van der Waals surface area contributed by atoms with Gasteiger partial charge in [-0.3, -0.25) is 4.90 Å². The fraction of sp³-hybridized carbons (Fsp3) is 0.538. The summed E-state index contributed by atoms with van der Waals surface area (Å²) in [7, 11) is 2.09. The van der Waals surface area contributed by atoms with Crippen molar-refractivity contribution in [3.63, 3.8) is 0 Å². The molecule has 1 unspecified atom stereocenters. The van der Waals surface area contributed by atoms with E-state index in [0.29, 0.717) is 12.1 Å². The van der Waals surface area contributed by atoms with Crippen LogP contribution in [0, 0.1) is 5.82 Å². The number of hydrogen-bond donors (Lipinski definition) is 1. The molecular formula is C13H19ClFN3. The van der Waals surface area contributed by atoms with Gasteiger partial charge in [0.1, 0.15) is 5.82 Å². The van der Waals surface area contributed by atoms with Gasteiger partial charge in [0.05, 0.1) is 11.1 Å². The van der Waals surface area contributed by atoms with Gasteiger partial charge in [0.25, 0.3) is 0 Å². The van der Waals surface area contributed by atoms with E-state index >= 15 is 0 Å². The van der Waals surface area contributed by atoms with Gasteiger partial charge >= 0.3 is 0 Å². The summed E-state index contributed by atoms with van der Waals surface area (Å²) < 4.78 is 14.0. The minimum absolute atomic E-state index is 0.0857. The third-order valence-corrected chi connectivity index (χ3v) is 3.83. The van der Waals surface area contributed by atoms with Gasteiger partial charge in [0.15, 0.2) is 0 Å². The van der Waals surface area contributed by atoms with E-state index in [1.54, 1.807) is 18.2 Å². The van der Waals surface area contributed by atoms with Crippen LogP contribution in [0.2, 0.25) is 5.02 Å². The molecule has 1 aliphatic heterocycles.